The fourth-order valence-corrected chi connectivity index (χ4v) is 1.32. The molecule has 0 radical (unpaired) electrons. The van der Waals surface area contributed by atoms with Crippen molar-refractivity contribution >= 4 is 16.9 Å². The standard InChI is InChI=1S/C10H10N4O/c1-2-9(15)11-6-7-4-3-5-8-10(7)13-14-12-8/h2-5H,1,6H2,(H,11,15)(H,12,13,14). The topological polar surface area (TPSA) is 70.7 Å². The molecule has 1 aromatic carbocycles. The van der Waals surface area contributed by atoms with Gasteiger partial charge < -0.3 is 5.32 Å². The van der Waals surface area contributed by atoms with Crippen LogP contribution in [0.2, 0.25) is 0 Å². The van der Waals surface area contributed by atoms with E-state index < -0.39 is 0 Å². The average Bonchev–Trinajstić information content (AvgIpc) is 2.74. The quantitative estimate of drug-likeness (QED) is 0.722. The van der Waals surface area contributed by atoms with Gasteiger partial charge in [0.15, 0.2) is 0 Å². The summed E-state index contributed by atoms with van der Waals surface area (Å²) in [5.74, 6) is -0.199. The first-order chi connectivity index (χ1) is 7.31. The zero-order chi connectivity index (χ0) is 10.7. The molecular weight excluding hydrogens is 192 g/mol. The molecule has 0 aliphatic rings. The van der Waals surface area contributed by atoms with Crippen LogP contribution in [0.1, 0.15) is 5.56 Å². The Hall–Kier alpha value is -2.17. The summed E-state index contributed by atoms with van der Waals surface area (Å²) < 4.78 is 0. The smallest absolute Gasteiger partial charge is 0.243 e. The number of nitrogens with zero attached hydrogens (tertiary/aromatic N) is 2. The molecule has 0 saturated carbocycles. The number of carbonyl (C=O) groups is 1. The summed E-state index contributed by atoms with van der Waals surface area (Å²) in [6.45, 7) is 3.80. The van der Waals surface area contributed by atoms with Gasteiger partial charge in [0, 0.05) is 12.1 Å². The molecule has 0 aliphatic heterocycles. The molecule has 1 heterocycles. The van der Waals surface area contributed by atoms with Crippen LogP contribution in [0.5, 0.6) is 0 Å². The third kappa shape index (κ3) is 1.85. The molecule has 2 aromatic rings. The van der Waals surface area contributed by atoms with Gasteiger partial charge in [-0.15, -0.1) is 0 Å². The molecule has 0 atom stereocenters. The van der Waals surface area contributed by atoms with Gasteiger partial charge in [-0.05, 0) is 12.1 Å². The van der Waals surface area contributed by atoms with Crippen molar-refractivity contribution in [3.8, 4) is 0 Å². The lowest BCUT2D eigenvalue weighted by atomic mass is 10.2. The van der Waals surface area contributed by atoms with E-state index in [0.717, 1.165) is 16.6 Å². The number of para-hydroxylation sites is 1. The Bertz CT molecular complexity index is 503. The van der Waals surface area contributed by atoms with Crippen LogP contribution in [0.3, 0.4) is 0 Å². The molecule has 1 aromatic heterocycles. The molecule has 0 bridgehead atoms. The summed E-state index contributed by atoms with van der Waals surface area (Å²) in [7, 11) is 0. The Morgan fingerprint density at radius 3 is 3.20 bits per heavy atom. The van der Waals surface area contributed by atoms with Crippen LogP contribution in [0, 0.1) is 0 Å². The molecule has 15 heavy (non-hydrogen) atoms. The highest BCUT2D eigenvalue weighted by Gasteiger charge is 2.04. The lowest BCUT2D eigenvalue weighted by Gasteiger charge is -2.02. The van der Waals surface area contributed by atoms with Crippen molar-refractivity contribution in [2.24, 2.45) is 0 Å². The highest BCUT2D eigenvalue weighted by molar-refractivity contribution is 5.87. The lowest BCUT2D eigenvalue weighted by Crippen LogP contribution is -2.20. The van der Waals surface area contributed by atoms with Crippen LogP contribution in [-0.4, -0.2) is 21.3 Å². The molecule has 1 amide bonds. The number of fused-ring (bicyclic) bond motifs is 1. The molecule has 0 aliphatic carbocycles. The Labute approximate surface area is 86.2 Å². The molecule has 0 saturated heterocycles. The number of hydrogen-bond acceptors (Lipinski definition) is 3. The van der Waals surface area contributed by atoms with Crippen molar-refractivity contribution in [3.05, 3.63) is 36.4 Å². The number of benzene rings is 1. The third-order valence-electron chi connectivity index (χ3n) is 2.07. The van der Waals surface area contributed by atoms with Crippen LogP contribution < -0.4 is 5.32 Å². The zero-order valence-electron chi connectivity index (χ0n) is 8.03. The maximum atomic E-state index is 11.0. The van der Waals surface area contributed by atoms with E-state index >= 15 is 0 Å². The molecule has 0 fully saturated rings. The van der Waals surface area contributed by atoms with Gasteiger partial charge in [0.25, 0.3) is 0 Å². The van der Waals surface area contributed by atoms with E-state index in [4.69, 9.17) is 0 Å². The van der Waals surface area contributed by atoms with E-state index in [9.17, 15) is 4.79 Å². The summed E-state index contributed by atoms with van der Waals surface area (Å²) in [5, 5.41) is 13.2. The van der Waals surface area contributed by atoms with Crippen molar-refractivity contribution in [2.75, 3.05) is 0 Å². The number of aromatic amines is 1. The monoisotopic (exact) mass is 202 g/mol. The largest absolute Gasteiger partial charge is 0.348 e. The summed E-state index contributed by atoms with van der Waals surface area (Å²) in [5.41, 5.74) is 2.50. The Balaban J connectivity index is 2.24. The predicted molar refractivity (Wildman–Crippen MR) is 55.9 cm³/mol. The molecule has 2 rings (SSSR count). The summed E-state index contributed by atoms with van der Waals surface area (Å²) >= 11 is 0. The minimum absolute atomic E-state index is 0.199. The second-order valence-corrected chi connectivity index (χ2v) is 3.03. The van der Waals surface area contributed by atoms with E-state index in [0.29, 0.717) is 6.54 Å². The second-order valence-electron chi connectivity index (χ2n) is 3.03. The van der Waals surface area contributed by atoms with Crippen molar-refractivity contribution in [2.45, 2.75) is 6.54 Å². The fraction of sp³-hybridized carbons (Fsp3) is 0.100. The maximum absolute atomic E-state index is 11.0. The molecule has 0 spiro atoms. The molecule has 5 nitrogen and oxygen atoms in total. The first kappa shape index (κ1) is 9.39. The number of amides is 1. The molecule has 2 N–H and O–H groups in total. The molecule has 5 heteroatoms. The molecular formula is C10H10N4O. The van der Waals surface area contributed by atoms with Gasteiger partial charge in [-0.25, -0.2) is 0 Å². The van der Waals surface area contributed by atoms with Crippen LogP contribution >= 0.6 is 0 Å². The zero-order valence-corrected chi connectivity index (χ0v) is 8.03. The Morgan fingerprint density at radius 1 is 1.53 bits per heavy atom. The predicted octanol–water partition coefficient (Wildman–Crippen LogP) is 0.760. The van der Waals surface area contributed by atoms with Gasteiger partial charge in [0.2, 0.25) is 5.91 Å². The van der Waals surface area contributed by atoms with Gasteiger partial charge in [0.1, 0.15) is 11.0 Å². The highest BCUT2D eigenvalue weighted by atomic mass is 16.1. The third-order valence-corrected chi connectivity index (χ3v) is 2.07. The normalized spacial score (nSPS) is 10.1. The fourth-order valence-electron chi connectivity index (χ4n) is 1.32. The van der Waals surface area contributed by atoms with E-state index in [2.05, 4.69) is 27.3 Å². The summed E-state index contributed by atoms with van der Waals surface area (Å²) in [4.78, 5) is 11.0. The number of rotatable bonds is 3. The van der Waals surface area contributed by atoms with Crippen molar-refractivity contribution in [1.29, 1.82) is 0 Å². The molecule has 0 unspecified atom stereocenters. The summed E-state index contributed by atoms with van der Waals surface area (Å²) in [6, 6.07) is 5.63. The average molecular weight is 202 g/mol. The summed E-state index contributed by atoms with van der Waals surface area (Å²) in [6.07, 6.45) is 1.24. The van der Waals surface area contributed by atoms with E-state index in [-0.39, 0.29) is 5.91 Å². The lowest BCUT2D eigenvalue weighted by molar-refractivity contribution is -0.116. The molecule has 76 valence electrons. The van der Waals surface area contributed by atoms with E-state index in [1.54, 1.807) is 0 Å². The number of nitrogens with one attached hydrogen (secondary N) is 2. The number of H-pyrrole nitrogens is 1. The minimum atomic E-state index is -0.199. The van der Waals surface area contributed by atoms with E-state index in [1.165, 1.54) is 6.08 Å². The second kappa shape index (κ2) is 3.91. The van der Waals surface area contributed by atoms with Crippen molar-refractivity contribution < 1.29 is 4.79 Å². The SMILES string of the molecule is C=CC(=O)NCc1cccc2n[nH]nc12. The highest BCUT2D eigenvalue weighted by Crippen LogP contribution is 2.12. The minimum Gasteiger partial charge on any atom is -0.348 e. The van der Waals surface area contributed by atoms with E-state index in [1.807, 2.05) is 18.2 Å². The Kier molecular flexibility index (Phi) is 2.45. The van der Waals surface area contributed by atoms with Gasteiger partial charge in [-0.3, -0.25) is 4.79 Å². The van der Waals surface area contributed by atoms with Crippen molar-refractivity contribution in [3.63, 3.8) is 0 Å². The maximum Gasteiger partial charge on any atom is 0.243 e. The van der Waals surface area contributed by atoms with Crippen LogP contribution in [-0.2, 0) is 11.3 Å². The van der Waals surface area contributed by atoms with Gasteiger partial charge in [-0.2, -0.15) is 15.4 Å². The first-order valence-corrected chi connectivity index (χ1v) is 4.50. The number of carbonyl (C=O) groups excluding carboxylic acids is 1. The van der Waals surface area contributed by atoms with Gasteiger partial charge in [0.05, 0.1) is 0 Å². The van der Waals surface area contributed by atoms with Crippen LogP contribution in [0.4, 0.5) is 0 Å². The van der Waals surface area contributed by atoms with Crippen molar-refractivity contribution in [1.82, 2.24) is 20.7 Å². The Morgan fingerprint density at radius 2 is 2.40 bits per heavy atom. The first-order valence-electron chi connectivity index (χ1n) is 4.50. The van der Waals surface area contributed by atoms with Gasteiger partial charge in [-0.1, -0.05) is 18.7 Å². The van der Waals surface area contributed by atoms with Gasteiger partial charge >= 0.3 is 0 Å². The van der Waals surface area contributed by atoms with Crippen LogP contribution in [0.25, 0.3) is 11.0 Å². The number of hydrogen-bond donors (Lipinski definition) is 2. The number of aromatic nitrogens is 3. The van der Waals surface area contributed by atoms with Crippen LogP contribution in [0.15, 0.2) is 30.9 Å².